The van der Waals surface area contributed by atoms with E-state index in [2.05, 4.69) is 20.7 Å². The number of anilines is 2. The van der Waals surface area contributed by atoms with Gasteiger partial charge in [0.05, 0.1) is 12.0 Å². The van der Waals surface area contributed by atoms with E-state index in [-0.39, 0.29) is 12.5 Å². The summed E-state index contributed by atoms with van der Waals surface area (Å²) < 4.78 is 1.58. The Morgan fingerprint density at radius 2 is 2.00 bits per heavy atom. The second-order valence-corrected chi connectivity index (χ2v) is 9.41. The Hall–Kier alpha value is -3.92. The number of carbonyl (C=O) groups is 3. The summed E-state index contributed by atoms with van der Waals surface area (Å²) in [6, 6.07) is 10.5. The molecule has 3 atom stereocenters. The highest BCUT2D eigenvalue weighted by atomic mass is 35.5. The van der Waals surface area contributed by atoms with Gasteiger partial charge in [-0.2, -0.15) is 5.10 Å². The molecule has 194 valence electrons. The first-order chi connectivity index (χ1) is 17.7. The number of nitrogens with zero attached hydrogens (tertiary/aromatic N) is 5. The van der Waals surface area contributed by atoms with Crippen molar-refractivity contribution in [3.05, 3.63) is 71.0 Å². The summed E-state index contributed by atoms with van der Waals surface area (Å²) >= 11 is 6.14. The van der Waals surface area contributed by atoms with Crippen LogP contribution < -0.4 is 15.5 Å². The maximum atomic E-state index is 13.6. The van der Waals surface area contributed by atoms with E-state index in [1.54, 1.807) is 68.6 Å². The number of aryl methyl sites for hydroxylation is 1. The monoisotopic (exact) mass is 523 g/mol. The summed E-state index contributed by atoms with van der Waals surface area (Å²) in [5.74, 6) is -0.425. The summed E-state index contributed by atoms with van der Waals surface area (Å²) in [5, 5.41) is 10.7. The lowest BCUT2D eigenvalue weighted by atomic mass is 9.81. The number of benzene rings is 1. The lowest BCUT2D eigenvalue weighted by molar-refractivity contribution is -0.156. The van der Waals surface area contributed by atoms with Gasteiger partial charge in [-0.3, -0.25) is 24.1 Å². The number of nitrogens with one attached hydrogen (secondary N) is 2. The molecule has 1 saturated heterocycles. The summed E-state index contributed by atoms with van der Waals surface area (Å²) in [4.78, 5) is 47.0. The Morgan fingerprint density at radius 3 is 2.65 bits per heavy atom. The number of halogens is 1. The molecule has 2 aromatic heterocycles. The summed E-state index contributed by atoms with van der Waals surface area (Å²) in [7, 11) is 5.10. The quantitative estimate of drug-likeness (QED) is 0.438. The lowest BCUT2D eigenvalue weighted by Crippen LogP contribution is -2.70. The average molecular weight is 524 g/mol. The molecule has 0 spiro atoms. The summed E-state index contributed by atoms with van der Waals surface area (Å²) in [5.41, 5.74) is 1.65. The molecule has 0 aliphatic carbocycles. The average Bonchev–Trinajstić information content (AvgIpc) is 3.34. The van der Waals surface area contributed by atoms with Gasteiger partial charge in [-0.15, -0.1) is 0 Å². The third kappa shape index (κ3) is 5.43. The number of likely N-dealkylation sites (tertiary alicyclic amines) is 1. The number of amides is 4. The first-order valence-corrected chi connectivity index (χ1v) is 12.4. The van der Waals surface area contributed by atoms with E-state index in [1.165, 1.54) is 4.90 Å². The van der Waals surface area contributed by atoms with Crippen molar-refractivity contribution in [3.8, 4) is 0 Å². The van der Waals surface area contributed by atoms with E-state index >= 15 is 0 Å². The van der Waals surface area contributed by atoms with Crippen LogP contribution in [0.15, 0.2) is 54.9 Å². The molecular weight excluding hydrogens is 494 g/mol. The van der Waals surface area contributed by atoms with Crippen LogP contribution >= 0.6 is 11.6 Å². The predicted molar refractivity (Wildman–Crippen MR) is 141 cm³/mol. The highest BCUT2D eigenvalue weighted by Gasteiger charge is 2.55. The number of imide groups is 1. The zero-order valence-electron chi connectivity index (χ0n) is 21.2. The van der Waals surface area contributed by atoms with Crippen LogP contribution in [0.3, 0.4) is 0 Å². The molecule has 1 aliphatic rings. The smallest absolute Gasteiger partial charge is 0.325 e. The van der Waals surface area contributed by atoms with Crippen molar-refractivity contribution in [1.29, 1.82) is 0 Å². The second kappa shape index (κ2) is 11.0. The van der Waals surface area contributed by atoms with Crippen LogP contribution in [0.2, 0.25) is 5.02 Å². The Labute approximate surface area is 220 Å². The van der Waals surface area contributed by atoms with Crippen molar-refractivity contribution < 1.29 is 14.4 Å². The topological polar surface area (TPSA) is 112 Å². The zero-order valence-corrected chi connectivity index (χ0v) is 21.9. The number of hydrogen-bond donors (Lipinski definition) is 2. The number of likely N-dealkylation sites (N-methyl/N-ethyl adjacent to an activating group) is 1. The van der Waals surface area contributed by atoms with Crippen LogP contribution in [0.1, 0.15) is 30.5 Å². The summed E-state index contributed by atoms with van der Waals surface area (Å²) in [6.07, 6.45) is 4.23. The van der Waals surface area contributed by atoms with Crippen molar-refractivity contribution in [3.63, 3.8) is 0 Å². The number of rotatable bonds is 8. The predicted octanol–water partition coefficient (Wildman–Crippen LogP) is 3.40. The number of aromatic nitrogens is 3. The van der Waals surface area contributed by atoms with Gasteiger partial charge in [-0.05, 0) is 48.2 Å². The van der Waals surface area contributed by atoms with Crippen molar-refractivity contribution in [2.24, 2.45) is 13.0 Å². The molecule has 3 heterocycles. The van der Waals surface area contributed by atoms with Crippen LogP contribution in [-0.2, 0) is 23.1 Å². The molecule has 3 aromatic rings. The molecule has 4 amide bonds. The first-order valence-electron chi connectivity index (χ1n) is 12.0. The fraction of sp³-hybridized carbons (Fsp3) is 0.346. The van der Waals surface area contributed by atoms with Crippen molar-refractivity contribution in [2.45, 2.75) is 31.8 Å². The van der Waals surface area contributed by atoms with Crippen LogP contribution in [0.4, 0.5) is 16.4 Å². The van der Waals surface area contributed by atoms with Gasteiger partial charge < -0.3 is 10.6 Å². The minimum absolute atomic E-state index is 0.289. The largest absolute Gasteiger partial charge is 0.373 e. The Balaban J connectivity index is 1.60. The maximum Gasteiger partial charge on any atom is 0.325 e. The van der Waals surface area contributed by atoms with Crippen LogP contribution in [0, 0.1) is 5.92 Å². The highest BCUT2D eigenvalue weighted by Crippen LogP contribution is 2.33. The Bertz CT molecular complexity index is 1310. The van der Waals surface area contributed by atoms with E-state index in [1.807, 2.05) is 19.1 Å². The number of pyridine rings is 1. The van der Waals surface area contributed by atoms with Crippen LogP contribution in [0.25, 0.3) is 0 Å². The van der Waals surface area contributed by atoms with Gasteiger partial charge in [0.2, 0.25) is 5.91 Å². The van der Waals surface area contributed by atoms with Crippen molar-refractivity contribution in [1.82, 2.24) is 25.0 Å². The molecule has 10 nitrogen and oxygen atoms in total. The number of β-lactam (4-membered cyclic amide) rings is 1. The standard InChI is InChI=1S/C26H30ClN7O3/c1-5-20(17-7-6-8-18(27)15-17)30-26(37)34-23(25(36)33(4)22-10-12-32(3)31-22)19(24(34)35)13-16-9-11-29-21(14-16)28-2/h6-12,14-15,19-20,23H,5,13H2,1-4H3,(H,28,29)(H,30,37)/t19-,20-,23+/m1/s1. The minimum Gasteiger partial charge on any atom is -0.373 e. The molecule has 37 heavy (non-hydrogen) atoms. The van der Waals surface area contributed by atoms with Crippen LogP contribution in [0.5, 0.6) is 0 Å². The van der Waals surface area contributed by atoms with E-state index in [9.17, 15) is 14.4 Å². The lowest BCUT2D eigenvalue weighted by Gasteiger charge is -2.45. The molecule has 1 fully saturated rings. The van der Waals surface area contributed by atoms with Gasteiger partial charge in [-0.25, -0.2) is 9.78 Å². The molecule has 0 radical (unpaired) electrons. The number of hydrogen-bond acceptors (Lipinski definition) is 6. The summed E-state index contributed by atoms with van der Waals surface area (Å²) in [6.45, 7) is 1.92. The third-order valence-corrected chi connectivity index (χ3v) is 6.79. The fourth-order valence-electron chi connectivity index (χ4n) is 4.50. The normalized spacial score (nSPS) is 17.6. The SMILES string of the molecule is CC[C@@H](NC(=O)N1C(=O)[C@H](Cc2ccnc(NC)c2)[C@H]1C(=O)N(C)c1ccn(C)n1)c1cccc(Cl)c1. The first kappa shape index (κ1) is 26.2. The maximum absolute atomic E-state index is 13.6. The fourth-order valence-corrected chi connectivity index (χ4v) is 4.70. The van der Waals surface area contributed by atoms with Gasteiger partial charge in [0.1, 0.15) is 11.9 Å². The van der Waals surface area contributed by atoms with Gasteiger partial charge in [0, 0.05) is 44.6 Å². The molecule has 4 rings (SSSR count). The molecule has 2 N–H and O–H groups in total. The molecule has 0 unspecified atom stereocenters. The van der Waals surface area contributed by atoms with E-state index in [0.29, 0.717) is 23.1 Å². The van der Waals surface area contributed by atoms with E-state index in [4.69, 9.17) is 11.6 Å². The van der Waals surface area contributed by atoms with Crippen molar-refractivity contribution >= 4 is 41.1 Å². The molecular formula is C26H30ClN7O3. The van der Waals surface area contributed by atoms with E-state index < -0.39 is 29.8 Å². The number of urea groups is 1. The minimum atomic E-state index is -0.984. The molecule has 0 bridgehead atoms. The van der Waals surface area contributed by atoms with Gasteiger partial charge in [0.15, 0.2) is 5.82 Å². The highest BCUT2D eigenvalue weighted by molar-refractivity contribution is 6.30. The second-order valence-electron chi connectivity index (χ2n) is 8.97. The van der Waals surface area contributed by atoms with Gasteiger partial charge in [-0.1, -0.05) is 30.7 Å². The Morgan fingerprint density at radius 1 is 1.22 bits per heavy atom. The van der Waals surface area contributed by atoms with E-state index in [0.717, 1.165) is 16.0 Å². The molecule has 1 aliphatic heterocycles. The third-order valence-electron chi connectivity index (χ3n) is 6.55. The molecule has 0 saturated carbocycles. The van der Waals surface area contributed by atoms with Gasteiger partial charge >= 0.3 is 6.03 Å². The van der Waals surface area contributed by atoms with Gasteiger partial charge in [0.25, 0.3) is 5.91 Å². The van der Waals surface area contributed by atoms with Crippen LogP contribution in [-0.4, -0.2) is 57.6 Å². The zero-order chi connectivity index (χ0) is 26.7. The molecule has 11 heteroatoms. The molecule has 1 aromatic carbocycles. The Kier molecular flexibility index (Phi) is 7.77. The van der Waals surface area contributed by atoms with Crippen molar-refractivity contribution in [2.75, 3.05) is 24.3 Å². The number of carbonyl (C=O) groups excluding carboxylic acids is 3.